The van der Waals surface area contributed by atoms with Gasteiger partial charge in [0.05, 0.1) is 30.7 Å². The van der Waals surface area contributed by atoms with Crippen LogP contribution in [0.2, 0.25) is 0 Å². The predicted octanol–water partition coefficient (Wildman–Crippen LogP) is 3.06. The summed E-state index contributed by atoms with van der Waals surface area (Å²) in [7, 11) is -1.05. The molecule has 0 aromatic heterocycles. The van der Waals surface area contributed by atoms with Crippen molar-refractivity contribution in [3.05, 3.63) is 65.2 Å². The molecule has 2 aromatic rings. The van der Waals surface area contributed by atoms with Crippen LogP contribution in [0.3, 0.4) is 0 Å². The van der Waals surface area contributed by atoms with E-state index in [0.29, 0.717) is 17.1 Å². The fourth-order valence-electron chi connectivity index (χ4n) is 2.70. The first kappa shape index (κ1) is 21.5. The number of hydrogen-bond donors (Lipinski definition) is 2. The molecular formula is C20H23NO6S. The van der Waals surface area contributed by atoms with Gasteiger partial charge in [-0.25, -0.2) is 13.2 Å². The SMILES string of the molecule is CC=C(C(=O)O)C(NS(=O)(=O)c1ccc(C)cc1)c1ccc(OC)c(OC)c1. The summed E-state index contributed by atoms with van der Waals surface area (Å²) >= 11 is 0. The number of hydrogen-bond acceptors (Lipinski definition) is 5. The van der Waals surface area contributed by atoms with Crippen LogP contribution in [0.5, 0.6) is 11.5 Å². The summed E-state index contributed by atoms with van der Waals surface area (Å²) in [6, 6.07) is 9.91. The van der Waals surface area contributed by atoms with Crippen LogP contribution in [-0.4, -0.2) is 33.7 Å². The number of benzene rings is 2. The maximum Gasteiger partial charge on any atom is 0.333 e. The van der Waals surface area contributed by atoms with Crippen LogP contribution in [0.15, 0.2) is 59.0 Å². The second-order valence-corrected chi connectivity index (χ2v) is 7.74. The van der Waals surface area contributed by atoms with E-state index in [4.69, 9.17) is 9.47 Å². The minimum atomic E-state index is -3.97. The number of aliphatic carboxylic acids is 1. The average molecular weight is 405 g/mol. The molecule has 0 fully saturated rings. The van der Waals surface area contributed by atoms with E-state index in [1.165, 1.54) is 39.4 Å². The summed E-state index contributed by atoms with van der Waals surface area (Å²) in [6.07, 6.45) is 1.36. The molecule has 0 radical (unpaired) electrons. The van der Waals surface area contributed by atoms with Crippen molar-refractivity contribution in [2.75, 3.05) is 14.2 Å². The molecule has 0 aliphatic rings. The van der Waals surface area contributed by atoms with E-state index in [0.717, 1.165) is 5.56 Å². The van der Waals surface area contributed by atoms with Crippen molar-refractivity contribution >= 4 is 16.0 Å². The van der Waals surface area contributed by atoms with Gasteiger partial charge < -0.3 is 14.6 Å². The van der Waals surface area contributed by atoms with Crippen molar-refractivity contribution in [1.29, 1.82) is 0 Å². The molecule has 2 N–H and O–H groups in total. The van der Waals surface area contributed by atoms with Crippen LogP contribution in [0, 0.1) is 6.92 Å². The van der Waals surface area contributed by atoms with Crippen LogP contribution >= 0.6 is 0 Å². The molecule has 0 saturated carbocycles. The van der Waals surface area contributed by atoms with Crippen molar-refractivity contribution in [2.45, 2.75) is 24.8 Å². The Labute approximate surface area is 164 Å². The first-order chi connectivity index (χ1) is 13.2. The van der Waals surface area contributed by atoms with Gasteiger partial charge in [-0.05, 0) is 43.7 Å². The largest absolute Gasteiger partial charge is 0.493 e. The molecule has 8 heteroatoms. The van der Waals surface area contributed by atoms with Gasteiger partial charge in [0, 0.05) is 0 Å². The van der Waals surface area contributed by atoms with Gasteiger partial charge in [-0.1, -0.05) is 29.8 Å². The van der Waals surface area contributed by atoms with E-state index in [9.17, 15) is 18.3 Å². The molecule has 2 rings (SSSR count). The monoisotopic (exact) mass is 405 g/mol. The molecule has 150 valence electrons. The Morgan fingerprint density at radius 2 is 1.68 bits per heavy atom. The van der Waals surface area contributed by atoms with E-state index in [-0.39, 0.29) is 10.5 Å². The number of carboxylic acids is 1. The van der Waals surface area contributed by atoms with Crippen molar-refractivity contribution < 1.29 is 27.8 Å². The highest BCUT2D eigenvalue weighted by molar-refractivity contribution is 7.89. The van der Waals surface area contributed by atoms with Crippen molar-refractivity contribution in [3.63, 3.8) is 0 Å². The Morgan fingerprint density at radius 3 is 2.18 bits per heavy atom. The van der Waals surface area contributed by atoms with E-state index >= 15 is 0 Å². The zero-order chi connectivity index (χ0) is 20.9. The third-order valence-corrected chi connectivity index (χ3v) is 5.65. The lowest BCUT2D eigenvalue weighted by atomic mass is 9.99. The highest BCUT2D eigenvalue weighted by Crippen LogP contribution is 2.33. The lowest BCUT2D eigenvalue weighted by molar-refractivity contribution is -0.133. The minimum Gasteiger partial charge on any atom is -0.493 e. The molecule has 28 heavy (non-hydrogen) atoms. The average Bonchev–Trinajstić information content (AvgIpc) is 2.67. The molecule has 0 heterocycles. The molecule has 0 aliphatic heterocycles. The van der Waals surface area contributed by atoms with E-state index in [1.807, 2.05) is 6.92 Å². The first-order valence-corrected chi connectivity index (χ1v) is 9.92. The number of carboxylic acid groups (broad SMARTS) is 1. The number of carbonyl (C=O) groups is 1. The number of sulfonamides is 1. The normalized spacial score (nSPS) is 13.1. The summed E-state index contributed by atoms with van der Waals surface area (Å²) in [5.74, 6) is -0.419. The standard InChI is InChI=1S/C20H23NO6S/c1-5-16(20(22)23)19(14-8-11-17(26-3)18(12-14)27-4)21-28(24,25)15-9-6-13(2)7-10-15/h5-12,19,21H,1-4H3,(H,22,23). The van der Waals surface area contributed by atoms with Crippen LogP contribution in [0.4, 0.5) is 0 Å². The van der Waals surface area contributed by atoms with Gasteiger partial charge in [0.25, 0.3) is 0 Å². The Bertz CT molecular complexity index is 980. The quantitative estimate of drug-likeness (QED) is 0.655. The molecule has 2 aromatic carbocycles. The smallest absolute Gasteiger partial charge is 0.333 e. The van der Waals surface area contributed by atoms with Crippen molar-refractivity contribution in [1.82, 2.24) is 4.72 Å². The van der Waals surface area contributed by atoms with Crippen molar-refractivity contribution in [2.24, 2.45) is 0 Å². The summed E-state index contributed by atoms with van der Waals surface area (Å²) in [5.41, 5.74) is 1.21. The molecule has 0 bridgehead atoms. The molecule has 1 unspecified atom stereocenters. The van der Waals surface area contributed by atoms with E-state index in [1.54, 1.807) is 30.3 Å². The van der Waals surface area contributed by atoms with Gasteiger partial charge in [0.15, 0.2) is 11.5 Å². The molecule has 0 saturated heterocycles. The number of ether oxygens (including phenoxy) is 2. The lowest BCUT2D eigenvalue weighted by Gasteiger charge is -2.21. The maximum absolute atomic E-state index is 12.9. The van der Waals surface area contributed by atoms with Crippen molar-refractivity contribution in [3.8, 4) is 11.5 Å². The maximum atomic E-state index is 12.9. The summed E-state index contributed by atoms with van der Waals surface area (Å²) < 4.78 is 38.7. The molecule has 1 atom stereocenters. The van der Waals surface area contributed by atoms with Gasteiger partial charge in [0.2, 0.25) is 10.0 Å². The molecule has 0 amide bonds. The third kappa shape index (κ3) is 4.71. The number of aryl methyl sites for hydroxylation is 1. The number of methoxy groups -OCH3 is 2. The zero-order valence-corrected chi connectivity index (χ0v) is 16.9. The van der Waals surface area contributed by atoms with E-state index < -0.39 is 22.0 Å². The topological polar surface area (TPSA) is 102 Å². The van der Waals surface area contributed by atoms with Gasteiger partial charge in [-0.15, -0.1) is 0 Å². The predicted molar refractivity (Wildman–Crippen MR) is 105 cm³/mol. The number of allylic oxidation sites excluding steroid dienone is 1. The van der Waals surface area contributed by atoms with Gasteiger partial charge in [-0.3, -0.25) is 0 Å². The Morgan fingerprint density at radius 1 is 1.07 bits per heavy atom. The fraction of sp³-hybridized carbons (Fsp3) is 0.250. The molecule has 0 spiro atoms. The number of nitrogens with one attached hydrogen (secondary N) is 1. The highest BCUT2D eigenvalue weighted by Gasteiger charge is 2.28. The van der Waals surface area contributed by atoms with Gasteiger partial charge in [0.1, 0.15) is 0 Å². The third-order valence-electron chi connectivity index (χ3n) is 4.21. The Hall–Kier alpha value is -2.84. The van der Waals surface area contributed by atoms with E-state index in [2.05, 4.69) is 4.72 Å². The first-order valence-electron chi connectivity index (χ1n) is 8.44. The molecular weight excluding hydrogens is 382 g/mol. The highest BCUT2D eigenvalue weighted by atomic mass is 32.2. The van der Waals surface area contributed by atoms with Crippen LogP contribution in [0.1, 0.15) is 24.1 Å². The minimum absolute atomic E-state index is 0.0458. The number of rotatable bonds is 8. The Kier molecular flexibility index (Phi) is 6.82. The second kappa shape index (κ2) is 8.90. The lowest BCUT2D eigenvalue weighted by Crippen LogP contribution is -2.32. The van der Waals surface area contributed by atoms with Gasteiger partial charge in [-0.2, -0.15) is 4.72 Å². The molecule has 7 nitrogen and oxygen atoms in total. The Balaban J connectivity index is 2.55. The second-order valence-electron chi connectivity index (χ2n) is 6.03. The van der Waals surface area contributed by atoms with Crippen LogP contribution in [0.25, 0.3) is 0 Å². The summed E-state index contributed by atoms with van der Waals surface area (Å²) in [4.78, 5) is 11.8. The summed E-state index contributed by atoms with van der Waals surface area (Å²) in [6.45, 7) is 3.38. The fourth-order valence-corrected chi connectivity index (χ4v) is 3.90. The van der Waals surface area contributed by atoms with Crippen LogP contribution in [-0.2, 0) is 14.8 Å². The molecule has 0 aliphatic carbocycles. The van der Waals surface area contributed by atoms with Crippen LogP contribution < -0.4 is 14.2 Å². The zero-order valence-electron chi connectivity index (χ0n) is 16.1. The van der Waals surface area contributed by atoms with Gasteiger partial charge >= 0.3 is 5.97 Å². The summed E-state index contributed by atoms with van der Waals surface area (Å²) in [5, 5.41) is 9.58.